The minimum Gasteiger partial charge on any atom is -0.332 e. The fourth-order valence-electron chi connectivity index (χ4n) is 2.58. The van der Waals surface area contributed by atoms with Gasteiger partial charge in [0.1, 0.15) is 0 Å². The summed E-state index contributed by atoms with van der Waals surface area (Å²) in [6, 6.07) is 7.16. The lowest BCUT2D eigenvalue weighted by Crippen LogP contribution is -2.44. The lowest BCUT2D eigenvalue weighted by Gasteiger charge is -2.34. The van der Waals surface area contributed by atoms with Crippen molar-refractivity contribution in [2.45, 2.75) is 24.8 Å². The van der Waals surface area contributed by atoms with Crippen LogP contribution in [0.2, 0.25) is 0 Å². The van der Waals surface area contributed by atoms with Crippen molar-refractivity contribution in [3.8, 4) is 11.6 Å². The number of hydrogen-bond acceptors (Lipinski definition) is 6. The third kappa shape index (κ3) is 1.78. The van der Waals surface area contributed by atoms with Crippen molar-refractivity contribution in [1.82, 2.24) is 20.3 Å². The van der Waals surface area contributed by atoms with Gasteiger partial charge in [0.15, 0.2) is 11.5 Å². The molecule has 0 saturated heterocycles. The van der Waals surface area contributed by atoms with Gasteiger partial charge in [0, 0.05) is 5.39 Å². The maximum Gasteiger partial charge on any atom is 0.279 e. The number of nitrogens with zero attached hydrogens (tertiary/aromatic N) is 3. The molecule has 0 amide bonds. The molecule has 1 aliphatic rings. The predicted octanol–water partition coefficient (Wildman–Crippen LogP) is 1.31. The van der Waals surface area contributed by atoms with Crippen molar-refractivity contribution in [3.63, 3.8) is 0 Å². The van der Waals surface area contributed by atoms with Gasteiger partial charge in [0.05, 0.1) is 10.9 Å². The van der Waals surface area contributed by atoms with Gasteiger partial charge in [-0.1, -0.05) is 23.4 Å². The minimum absolute atomic E-state index is 0.247. The molecule has 0 bridgehead atoms. The van der Waals surface area contributed by atoms with E-state index >= 15 is 0 Å². The quantitative estimate of drug-likeness (QED) is 0.733. The molecule has 0 radical (unpaired) electrons. The van der Waals surface area contributed by atoms with Crippen LogP contribution in [-0.2, 0) is 5.54 Å². The number of nitrogens with two attached hydrogens (primary N) is 1. The molecule has 2 heterocycles. The molecule has 1 fully saturated rings. The van der Waals surface area contributed by atoms with Crippen molar-refractivity contribution in [2.24, 2.45) is 5.73 Å². The van der Waals surface area contributed by atoms with Gasteiger partial charge in [-0.05, 0) is 25.3 Å². The SMILES string of the molecule is NC1(c2noc(-c3n[nH]c(=O)c4ccccc34)n2)CCC1. The van der Waals surface area contributed by atoms with E-state index in [0.29, 0.717) is 22.3 Å². The summed E-state index contributed by atoms with van der Waals surface area (Å²) < 4.78 is 5.30. The Morgan fingerprint density at radius 2 is 2.00 bits per heavy atom. The largest absolute Gasteiger partial charge is 0.332 e. The van der Waals surface area contributed by atoms with Crippen LogP contribution in [0.1, 0.15) is 25.1 Å². The Balaban J connectivity index is 1.88. The highest BCUT2D eigenvalue weighted by atomic mass is 16.5. The Morgan fingerprint density at radius 3 is 2.71 bits per heavy atom. The Morgan fingerprint density at radius 1 is 1.24 bits per heavy atom. The number of rotatable bonds is 2. The Labute approximate surface area is 119 Å². The second-order valence-electron chi connectivity index (χ2n) is 5.38. The zero-order valence-electron chi connectivity index (χ0n) is 11.2. The number of benzene rings is 1. The highest BCUT2D eigenvalue weighted by molar-refractivity contribution is 5.91. The zero-order valence-corrected chi connectivity index (χ0v) is 11.2. The standard InChI is InChI=1S/C14H13N5O2/c15-14(6-3-7-14)13-16-12(21-19-13)10-8-4-1-2-5-9(8)11(20)18-17-10/h1-2,4-5H,3,6-7,15H2,(H,18,20). The second-order valence-corrected chi connectivity index (χ2v) is 5.38. The van der Waals surface area contributed by atoms with Gasteiger partial charge in [0.2, 0.25) is 0 Å². The molecule has 0 spiro atoms. The normalized spacial score (nSPS) is 16.8. The summed E-state index contributed by atoms with van der Waals surface area (Å²) in [5.41, 5.74) is 5.92. The first-order valence-corrected chi connectivity index (χ1v) is 6.78. The van der Waals surface area contributed by atoms with Crippen molar-refractivity contribution in [3.05, 3.63) is 40.4 Å². The average Bonchev–Trinajstić information content (AvgIpc) is 2.95. The molecular weight excluding hydrogens is 270 g/mol. The first-order valence-electron chi connectivity index (χ1n) is 6.78. The average molecular weight is 283 g/mol. The molecule has 0 unspecified atom stereocenters. The second kappa shape index (κ2) is 4.23. The maximum atomic E-state index is 11.8. The molecule has 1 saturated carbocycles. The van der Waals surface area contributed by atoms with E-state index < -0.39 is 5.54 Å². The van der Waals surface area contributed by atoms with Gasteiger partial charge < -0.3 is 10.3 Å². The molecule has 3 N–H and O–H groups in total. The van der Waals surface area contributed by atoms with Crippen LogP contribution in [0.4, 0.5) is 0 Å². The van der Waals surface area contributed by atoms with Crippen LogP contribution in [0, 0.1) is 0 Å². The first-order chi connectivity index (χ1) is 10.2. The Kier molecular flexibility index (Phi) is 2.46. The van der Waals surface area contributed by atoms with E-state index in [2.05, 4.69) is 20.3 Å². The molecule has 3 aromatic rings. The summed E-state index contributed by atoms with van der Waals surface area (Å²) in [7, 11) is 0. The van der Waals surface area contributed by atoms with Gasteiger partial charge >= 0.3 is 0 Å². The van der Waals surface area contributed by atoms with Crippen LogP contribution in [0.3, 0.4) is 0 Å². The fraction of sp³-hybridized carbons (Fsp3) is 0.286. The van der Waals surface area contributed by atoms with Gasteiger partial charge in [-0.2, -0.15) is 10.1 Å². The Hall–Kier alpha value is -2.54. The van der Waals surface area contributed by atoms with Gasteiger partial charge in [-0.3, -0.25) is 4.79 Å². The third-order valence-electron chi connectivity index (χ3n) is 4.02. The molecule has 0 atom stereocenters. The summed E-state index contributed by atoms with van der Waals surface area (Å²) in [5.74, 6) is 0.773. The fourth-order valence-corrected chi connectivity index (χ4v) is 2.58. The Bertz CT molecular complexity index is 878. The van der Waals surface area contributed by atoms with E-state index in [1.54, 1.807) is 18.2 Å². The molecule has 1 aromatic carbocycles. The van der Waals surface area contributed by atoms with Crippen LogP contribution >= 0.6 is 0 Å². The predicted molar refractivity (Wildman–Crippen MR) is 75.4 cm³/mol. The molecule has 7 heteroatoms. The lowest BCUT2D eigenvalue weighted by molar-refractivity contribution is 0.229. The van der Waals surface area contributed by atoms with E-state index in [4.69, 9.17) is 10.3 Å². The summed E-state index contributed by atoms with van der Waals surface area (Å²) in [4.78, 5) is 16.1. The van der Waals surface area contributed by atoms with Crippen LogP contribution in [0.25, 0.3) is 22.4 Å². The van der Waals surface area contributed by atoms with Gasteiger partial charge in [-0.15, -0.1) is 0 Å². The number of fused-ring (bicyclic) bond motifs is 1. The van der Waals surface area contributed by atoms with Gasteiger partial charge in [-0.25, -0.2) is 5.10 Å². The first kappa shape index (κ1) is 12.2. The number of nitrogens with one attached hydrogen (secondary N) is 1. The highest BCUT2D eigenvalue weighted by Gasteiger charge is 2.39. The number of hydrogen-bond donors (Lipinski definition) is 2. The van der Waals surface area contributed by atoms with Crippen molar-refractivity contribution < 1.29 is 4.52 Å². The molecule has 2 aromatic heterocycles. The van der Waals surface area contributed by atoms with Crippen molar-refractivity contribution in [1.29, 1.82) is 0 Å². The molecule has 21 heavy (non-hydrogen) atoms. The maximum absolute atomic E-state index is 11.8. The number of aromatic nitrogens is 4. The highest BCUT2D eigenvalue weighted by Crippen LogP contribution is 2.37. The van der Waals surface area contributed by atoms with Crippen LogP contribution in [0.15, 0.2) is 33.6 Å². The summed E-state index contributed by atoms with van der Waals surface area (Å²) in [6.45, 7) is 0. The summed E-state index contributed by atoms with van der Waals surface area (Å²) in [6.07, 6.45) is 2.78. The smallest absolute Gasteiger partial charge is 0.279 e. The summed E-state index contributed by atoms with van der Waals surface area (Å²) in [5, 5.41) is 11.7. The van der Waals surface area contributed by atoms with E-state index in [9.17, 15) is 4.79 Å². The van der Waals surface area contributed by atoms with Crippen LogP contribution in [-0.4, -0.2) is 20.3 Å². The number of H-pyrrole nitrogens is 1. The molecule has 1 aliphatic carbocycles. The molecule has 106 valence electrons. The summed E-state index contributed by atoms with van der Waals surface area (Å²) >= 11 is 0. The zero-order chi connectivity index (χ0) is 14.4. The van der Waals surface area contributed by atoms with E-state index in [1.807, 2.05) is 6.07 Å². The van der Waals surface area contributed by atoms with Crippen LogP contribution < -0.4 is 11.3 Å². The van der Waals surface area contributed by atoms with E-state index in [-0.39, 0.29) is 11.4 Å². The van der Waals surface area contributed by atoms with Crippen LogP contribution in [0.5, 0.6) is 0 Å². The minimum atomic E-state index is -0.486. The molecular formula is C14H13N5O2. The van der Waals surface area contributed by atoms with E-state index in [0.717, 1.165) is 19.3 Å². The van der Waals surface area contributed by atoms with Crippen molar-refractivity contribution in [2.75, 3.05) is 0 Å². The van der Waals surface area contributed by atoms with Crippen molar-refractivity contribution >= 4 is 10.8 Å². The van der Waals surface area contributed by atoms with Gasteiger partial charge in [0.25, 0.3) is 11.4 Å². The topological polar surface area (TPSA) is 111 Å². The lowest BCUT2D eigenvalue weighted by atomic mass is 9.77. The van der Waals surface area contributed by atoms with E-state index in [1.165, 1.54) is 0 Å². The molecule has 7 nitrogen and oxygen atoms in total. The third-order valence-corrected chi connectivity index (χ3v) is 4.02. The molecule has 4 rings (SSSR count). The monoisotopic (exact) mass is 283 g/mol. The number of aromatic amines is 1. The molecule has 0 aliphatic heterocycles.